The molecular weight excluding hydrogens is 452 g/mol. The summed E-state index contributed by atoms with van der Waals surface area (Å²) in [4.78, 5) is 33.2. The molecule has 3 rings (SSSR count). The van der Waals surface area contributed by atoms with Crippen molar-refractivity contribution in [2.45, 2.75) is 72.5 Å². The number of amides is 2. The summed E-state index contributed by atoms with van der Waals surface area (Å²) in [7, 11) is 0. The van der Waals surface area contributed by atoms with Gasteiger partial charge in [-0.1, -0.05) is 70.2 Å². The first-order chi connectivity index (χ1) is 16.6. The fourth-order valence-corrected chi connectivity index (χ4v) is 4.87. The molecule has 0 unspecified atom stereocenters. The van der Waals surface area contributed by atoms with Gasteiger partial charge in [-0.2, -0.15) is 0 Å². The number of nitrogens with zero attached hydrogens (tertiary/aromatic N) is 2. The molecule has 0 aliphatic carbocycles. The van der Waals surface area contributed by atoms with Crippen LogP contribution in [0.1, 0.15) is 72.3 Å². The van der Waals surface area contributed by atoms with Gasteiger partial charge in [-0.3, -0.25) is 9.59 Å². The van der Waals surface area contributed by atoms with Gasteiger partial charge in [0.2, 0.25) is 5.91 Å². The second kappa shape index (κ2) is 11.7. The van der Waals surface area contributed by atoms with E-state index in [1.807, 2.05) is 73.3 Å². The predicted molar refractivity (Wildman–Crippen MR) is 146 cm³/mol. The maximum absolute atomic E-state index is 13.6. The van der Waals surface area contributed by atoms with E-state index in [2.05, 4.69) is 39.8 Å². The summed E-state index contributed by atoms with van der Waals surface area (Å²) in [5, 5.41) is 0. The molecule has 1 heterocycles. The van der Waals surface area contributed by atoms with Crippen molar-refractivity contribution in [2.75, 3.05) is 6.54 Å². The molecule has 5 heteroatoms. The van der Waals surface area contributed by atoms with E-state index in [9.17, 15) is 9.59 Å². The van der Waals surface area contributed by atoms with Gasteiger partial charge < -0.3 is 9.80 Å². The number of carbonyl (C=O) groups is 2. The summed E-state index contributed by atoms with van der Waals surface area (Å²) in [5.41, 5.74) is 2.90. The Hall–Kier alpha value is -2.92. The van der Waals surface area contributed by atoms with Gasteiger partial charge in [-0.05, 0) is 61.1 Å². The van der Waals surface area contributed by atoms with Crippen LogP contribution in [0.4, 0.5) is 0 Å². The molecule has 1 atom stereocenters. The van der Waals surface area contributed by atoms with Crippen LogP contribution in [0.25, 0.3) is 0 Å². The minimum Gasteiger partial charge on any atom is -0.332 e. The average Bonchev–Trinajstić information content (AvgIpc) is 3.25. The zero-order valence-electron chi connectivity index (χ0n) is 21.9. The van der Waals surface area contributed by atoms with Crippen molar-refractivity contribution in [2.24, 2.45) is 0 Å². The van der Waals surface area contributed by atoms with E-state index in [0.29, 0.717) is 18.7 Å². The van der Waals surface area contributed by atoms with Crippen LogP contribution in [0.2, 0.25) is 0 Å². The molecular formula is C30H38N2O2S. The summed E-state index contributed by atoms with van der Waals surface area (Å²) < 4.78 is 0. The Balaban J connectivity index is 1.83. The van der Waals surface area contributed by atoms with Crippen molar-refractivity contribution in [1.29, 1.82) is 0 Å². The smallest absolute Gasteiger partial charge is 0.254 e. The highest BCUT2D eigenvalue weighted by Crippen LogP contribution is 2.23. The van der Waals surface area contributed by atoms with Crippen molar-refractivity contribution in [3.8, 4) is 0 Å². The molecule has 1 aromatic heterocycles. The molecule has 186 valence electrons. The van der Waals surface area contributed by atoms with Gasteiger partial charge in [0.25, 0.3) is 5.91 Å². The Morgan fingerprint density at radius 1 is 0.914 bits per heavy atom. The Morgan fingerprint density at radius 2 is 1.57 bits per heavy atom. The molecule has 4 nitrogen and oxygen atoms in total. The third kappa shape index (κ3) is 7.28. The number of hydrogen-bond acceptors (Lipinski definition) is 3. The highest BCUT2D eigenvalue weighted by atomic mass is 32.1. The number of aryl methyl sites for hydroxylation is 1. The molecule has 0 fully saturated rings. The van der Waals surface area contributed by atoms with Crippen LogP contribution in [0.5, 0.6) is 0 Å². The number of thiophene rings is 1. The Labute approximate surface area is 214 Å². The molecule has 0 bridgehead atoms. The predicted octanol–water partition coefficient (Wildman–Crippen LogP) is 6.82. The number of rotatable bonds is 9. The van der Waals surface area contributed by atoms with Crippen molar-refractivity contribution in [3.05, 3.63) is 93.2 Å². The standard InChI is InChI=1S/C30H38N2O2S/c1-7-22(2)32(29(34)25-14-16-26(17-15-25)30(4,5)6)21-28(33)31(19-24-11-9-8-10-12-24)20-27-18-13-23(3)35-27/h8-18,22H,7,19-21H2,1-6H3/t22-/m0/s1. The average molecular weight is 491 g/mol. The fourth-order valence-electron chi connectivity index (χ4n) is 3.97. The maximum atomic E-state index is 13.6. The van der Waals surface area contributed by atoms with Gasteiger partial charge in [0.1, 0.15) is 6.54 Å². The molecule has 0 spiro atoms. The van der Waals surface area contributed by atoms with Crippen molar-refractivity contribution >= 4 is 23.2 Å². The zero-order chi connectivity index (χ0) is 25.6. The van der Waals surface area contributed by atoms with Crippen LogP contribution in [-0.2, 0) is 23.3 Å². The lowest BCUT2D eigenvalue weighted by Crippen LogP contribution is -2.46. The quantitative estimate of drug-likeness (QED) is 0.330. The molecule has 0 saturated heterocycles. The summed E-state index contributed by atoms with van der Waals surface area (Å²) in [6, 6.07) is 22.0. The van der Waals surface area contributed by atoms with Gasteiger partial charge in [0, 0.05) is 27.9 Å². The molecule has 3 aromatic rings. The van der Waals surface area contributed by atoms with Gasteiger partial charge in [0.15, 0.2) is 0 Å². The van der Waals surface area contributed by atoms with Crippen LogP contribution in [-0.4, -0.2) is 34.2 Å². The molecule has 0 saturated carbocycles. The molecule has 0 aliphatic rings. The van der Waals surface area contributed by atoms with E-state index in [1.165, 1.54) is 10.4 Å². The number of benzene rings is 2. The summed E-state index contributed by atoms with van der Waals surface area (Å²) in [6.45, 7) is 13.7. The van der Waals surface area contributed by atoms with E-state index in [0.717, 1.165) is 16.9 Å². The van der Waals surface area contributed by atoms with Gasteiger partial charge in [-0.15, -0.1) is 11.3 Å². The first-order valence-electron chi connectivity index (χ1n) is 12.4. The van der Waals surface area contributed by atoms with E-state index in [1.54, 1.807) is 16.2 Å². The summed E-state index contributed by atoms with van der Waals surface area (Å²) >= 11 is 1.71. The summed E-state index contributed by atoms with van der Waals surface area (Å²) in [6.07, 6.45) is 0.780. The van der Waals surface area contributed by atoms with Crippen LogP contribution >= 0.6 is 11.3 Å². The number of carbonyl (C=O) groups excluding carboxylic acids is 2. The maximum Gasteiger partial charge on any atom is 0.254 e. The van der Waals surface area contributed by atoms with Gasteiger partial charge >= 0.3 is 0 Å². The molecule has 2 aromatic carbocycles. The first-order valence-corrected chi connectivity index (χ1v) is 13.2. The van der Waals surface area contributed by atoms with Crippen LogP contribution in [0.15, 0.2) is 66.7 Å². The molecule has 0 radical (unpaired) electrons. The van der Waals surface area contributed by atoms with Crippen LogP contribution in [0, 0.1) is 6.92 Å². The highest BCUT2D eigenvalue weighted by molar-refractivity contribution is 7.11. The second-order valence-electron chi connectivity index (χ2n) is 10.3. The largest absolute Gasteiger partial charge is 0.332 e. The topological polar surface area (TPSA) is 40.6 Å². The van der Waals surface area contributed by atoms with Crippen molar-refractivity contribution in [3.63, 3.8) is 0 Å². The number of hydrogen-bond donors (Lipinski definition) is 0. The van der Waals surface area contributed by atoms with Crippen LogP contribution in [0.3, 0.4) is 0 Å². The Kier molecular flexibility index (Phi) is 8.90. The molecule has 2 amide bonds. The van der Waals surface area contributed by atoms with E-state index in [4.69, 9.17) is 0 Å². The normalized spacial score (nSPS) is 12.3. The van der Waals surface area contributed by atoms with E-state index < -0.39 is 0 Å². The lowest BCUT2D eigenvalue weighted by Gasteiger charge is -2.31. The van der Waals surface area contributed by atoms with E-state index >= 15 is 0 Å². The molecule has 0 aliphatic heterocycles. The molecule has 0 N–H and O–H groups in total. The van der Waals surface area contributed by atoms with Gasteiger partial charge in [-0.25, -0.2) is 0 Å². The Bertz CT molecular complexity index is 1110. The van der Waals surface area contributed by atoms with Gasteiger partial charge in [0.05, 0.1) is 6.54 Å². The minimum atomic E-state index is -0.0974. The lowest BCUT2D eigenvalue weighted by atomic mass is 9.86. The zero-order valence-corrected chi connectivity index (χ0v) is 22.7. The monoisotopic (exact) mass is 490 g/mol. The lowest BCUT2D eigenvalue weighted by molar-refractivity contribution is -0.133. The fraction of sp³-hybridized carbons (Fsp3) is 0.400. The SMILES string of the molecule is CC[C@H](C)N(CC(=O)N(Cc1ccccc1)Cc1ccc(C)s1)C(=O)c1ccc(C(C)(C)C)cc1. The molecule has 35 heavy (non-hydrogen) atoms. The van der Waals surface area contributed by atoms with E-state index in [-0.39, 0.29) is 29.8 Å². The van der Waals surface area contributed by atoms with Crippen molar-refractivity contribution < 1.29 is 9.59 Å². The van der Waals surface area contributed by atoms with Crippen LogP contribution < -0.4 is 0 Å². The van der Waals surface area contributed by atoms with Crippen molar-refractivity contribution in [1.82, 2.24) is 9.80 Å². The third-order valence-corrected chi connectivity index (χ3v) is 7.38. The second-order valence-corrected chi connectivity index (χ2v) is 11.6. The minimum absolute atomic E-state index is 0.0199. The summed E-state index contributed by atoms with van der Waals surface area (Å²) in [5.74, 6) is -0.139. The Morgan fingerprint density at radius 3 is 2.11 bits per heavy atom. The third-order valence-electron chi connectivity index (χ3n) is 6.40. The highest BCUT2D eigenvalue weighted by Gasteiger charge is 2.26. The first kappa shape index (κ1) is 26.7.